The van der Waals surface area contributed by atoms with Crippen LogP contribution in [0.3, 0.4) is 0 Å². The van der Waals surface area contributed by atoms with Crippen LogP contribution in [0.4, 0.5) is 5.69 Å². The number of methoxy groups -OCH3 is 1. The van der Waals surface area contributed by atoms with Gasteiger partial charge in [-0.1, -0.05) is 18.2 Å². The Hall–Kier alpha value is -1.63. The van der Waals surface area contributed by atoms with Crippen molar-refractivity contribution in [1.82, 2.24) is 5.32 Å². The fourth-order valence-corrected chi connectivity index (χ4v) is 2.34. The molecule has 1 aromatic rings. The number of hydrogen-bond donors (Lipinski definition) is 2. The summed E-state index contributed by atoms with van der Waals surface area (Å²) in [5.41, 5.74) is 7.93. The van der Waals surface area contributed by atoms with Crippen molar-refractivity contribution in [1.29, 1.82) is 0 Å². The lowest BCUT2D eigenvalue weighted by Crippen LogP contribution is -2.43. The molecule has 1 unspecified atom stereocenters. The van der Waals surface area contributed by atoms with E-state index in [1.54, 1.807) is 0 Å². The molecule has 1 heterocycles. The van der Waals surface area contributed by atoms with Gasteiger partial charge in [0, 0.05) is 32.4 Å². The largest absolute Gasteiger partial charge is 0.383 e. The van der Waals surface area contributed by atoms with E-state index in [-0.39, 0.29) is 12.5 Å². The summed E-state index contributed by atoms with van der Waals surface area (Å²) in [4.78, 5) is 14.1. The zero-order valence-corrected chi connectivity index (χ0v) is 12.4. The van der Waals surface area contributed by atoms with Crippen LogP contribution in [-0.4, -0.2) is 52.0 Å². The first-order valence-electron chi connectivity index (χ1n) is 7.15. The van der Waals surface area contributed by atoms with E-state index in [9.17, 15) is 4.79 Å². The van der Waals surface area contributed by atoms with Gasteiger partial charge in [0.25, 0.3) is 0 Å². The minimum atomic E-state index is -0.634. The molecule has 3 N–H and O–H groups in total. The van der Waals surface area contributed by atoms with E-state index >= 15 is 0 Å². The number of benzene rings is 1. The Kier molecular flexibility index (Phi) is 5.98. The van der Waals surface area contributed by atoms with Gasteiger partial charge in [0.2, 0.25) is 5.91 Å². The number of para-hydroxylation sites is 1. The number of carbonyl (C=O) groups is 1. The van der Waals surface area contributed by atoms with E-state index in [2.05, 4.69) is 16.3 Å². The van der Waals surface area contributed by atoms with Gasteiger partial charge in [-0.3, -0.25) is 4.79 Å². The standard InChI is InChI=1S/C15H23N3O3/c1-20-11-13(16)15(19)17-10-12-4-2-3-5-14(12)18-6-8-21-9-7-18/h2-5,13H,6-11,16H2,1H3,(H,17,19). The molecule has 6 nitrogen and oxygen atoms in total. The summed E-state index contributed by atoms with van der Waals surface area (Å²) >= 11 is 0. The molecule has 116 valence electrons. The molecule has 0 aliphatic carbocycles. The molecule has 1 aliphatic rings. The summed E-state index contributed by atoms with van der Waals surface area (Å²) in [5, 5.41) is 2.86. The number of amides is 1. The summed E-state index contributed by atoms with van der Waals surface area (Å²) in [7, 11) is 1.53. The molecule has 1 fully saturated rings. The topological polar surface area (TPSA) is 76.8 Å². The summed E-state index contributed by atoms with van der Waals surface area (Å²) < 4.78 is 10.3. The molecule has 1 amide bonds. The summed E-state index contributed by atoms with van der Waals surface area (Å²) in [6, 6.07) is 7.44. The third-order valence-electron chi connectivity index (χ3n) is 3.48. The molecule has 0 aromatic heterocycles. The van der Waals surface area contributed by atoms with Crippen molar-refractivity contribution in [3.63, 3.8) is 0 Å². The second-order valence-corrected chi connectivity index (χ2v) is 5.01. The molecule has 6 heteroatoms. The van der Waals surface area contributed by atoms with Crippen molar-refractivity contribution in [2.24, 2.45) is 5.73 Å². The molecule has 2 rings (SSSR count). The summed E-state index contributed by atoms with van der Waals surface area (Å²) in [5.74, 6) is -0.200. The Morgan fingerprint density at radius 1 is 1.43 bits per heavy atom. The van der Waals surface area contributed by atoms with Crippen LogP contribution in [0.2, 0.25) is 0 Å². The first kappa shape index (κ1) is 15.8. The number of rotatable bonds is 6. The van der Waals surface area contributed by atoms with E-state index in [4.69, 9.17) is 15.2 Å². The molecular formula is C15H23N3O3. The third-order valence-corrected chi connectivity index (χ3v) is 3.48. The number of hydrogen-bond acceptors (Lipinski definition) is 5. The fourth-order valence-electron chi connectivity index (χ4n) is 2.34. The van der Waals surface area contributed by atoms with Gasteiger partial charge < -0.3 is 25.4 Å². The lowest BCUT2D eigenvalue weighted by Gasteiger charge is -2.30. The Morgan fingerprint density at radius 3 is 2.86 bits per heavy atom. The van der Waals surface area contributed by atoms with Crippen molar-refractivity contribution >= 4 is 11.6 Å². The average molecular weight is 293 g/mol. The second kappa shape index (κ2) is 7.97. The van der Waals surface area contributed by atoms with Gasteiger partial charge in [0.05, 0.1) is 19.8 Å². The number of morpholine rings is 1. The minimum Gasteiger partial charge on any atom is -0.383 e. The zero-order chi connectivity index (χ0) is 15.1. The predicted octanol–water partition coefficient (Wildman–Crippen LogP) is 0.113. The molecule has 1 aromatic carbocycles. The van der Waals surface area contributed by atoms with Crippen molar-refractivity contribution in [3.8, 4) is 0 Å². The van der Waals surface area contributed by atoms with Crippen LogP contribution in [-0.2, 0) is 20.8 Å². The highest BCUT2D eigenvalue weighted by molar-refractivity contribution is 5.81. The van der Waals surface area contributed by atoms with Crippen LogP contribution in [0, 0.1) is 0 Å². The van der Waals surface area contributed by atoms with Crippen LogP contribution in [0.15, 0.2) is 24.3 Å². The van der Waals surface area contributed by atoms with Gasteiger partial charge in [-0.2, -0.15) is 0 Å². The molecule has 21 heavy (non-hydrogen) atoms. The van der Waals surface area contributed by atoms with Crippen LogP contribution < -0.4 is 16.0 Å². The quantitative estimate of drug-likeness (QED) is 0.779. The number of anilines is 1. The maximum absolute atomic E-state index is 11.8. The van der Waals surface area contributed by atoms with Gasteiger partial charge in [-0.25, -0.2) is 0 Å². The number of nitrogens with one attached hydrogen (secondary N) is 1. The predicted molar refractivity (Wildman–Crippen MR) is 81.2 cm³/mol. The van der Waals surface area contributed by atoms with Crippen LogP contribution in [0.5, 0.6) is 0 Å². The van der Waals surface area contributed by atoms with Crippen LogP contribution in [0.1, 0.15) is 5.56 Å². The van der Waals surface area contributed by atoms with Crippen molar-refractivity contribution in [3.05, 3.63) is 29.8 Å². The fraction of sp³-hybridized carbons (Fsp3) is 0.533. The normalized spacial score (nSPS) is 16.6. The van der Waals surface area contributed by atoms with Crippen molar-refractivity contribution in [2.75, 3.05) is 44.9 Å². The first-order valence-corrected chi connectivity index (χ1v) is 7.15. The smallest absolute Gasteiger partial charge is 0.239 e. The molecule has 0 saturated carbocycles. The highest BCUT2D eigenvalue weighted by atomic mass is 16.5. The van der Waals surface area contributed by atoms with E-state index in [1.807, 2.05) is 18.2 Å². The van der Waals surface area contributed by atoms with Gasteiger partial charge in [0.15, 0.2) is 0 Å². The number of nitrogens with two attached hydrogens (primary N) is 1. The van der Waals surface area contributed by atoms with Crippen molar-refractivity contribution < 1.29 is 14.3 Å². The first-order chi connectivity index (χ1) is 10.2. The Balaban J connectivity index is 1.98. The molecule has 1 atom stereocenters. The molecule has 1 aliphatic heterocycles. The van der Waals surface area contributed by atoms with Crippen LogP contribution >= 0.6 is 0 Å². The number of ether oxygens (including phenoxy) is 2. The maximum atomic E-state index is 11.8. The highest BCUT2D eigenvalue weighted by Crippen LogP contribution is 2.21. The Bertz CT molecular complexity index is 461. The molecular weight excluding hydrogens is 270 g/mol. The average Bonchev–Trinajstić information content (AvgIpc) is 2.54. The van der Waals surface area contributed by atoms with Crippen LogP contribution in [0.25, 0.3) is 0 Å². The van der Waals surface area contributed by atoms with Gasteiger partial charge >= 0.3 is 0 Å². The molecule has 0 radical (unpaired) electrons. The Labute approximate surface area is 125 Å². The monoisotopic (exact) mass is 293 g/mol. The maximum Gasteiger partial charge on any atom is 0.239 e. The van der Waals surface area contributed by atoms with E-state index in [0.717, 1.165) is 37.6 Å². The number of nitrogens with zero attached hydrogens (tertiary/aromatic N) is 1. The van der Waals surface area contributed by atoms with E-state index in [1.165, 1.54) is 7.11 Å². The van der Waals surface area contributed by atoms with Gasteiger partial charge in [-0.15, -0.1) is 0 Å². The van der Waals surface area contributed by atoms with Crippen molar-refractivity contribution in [2.45, 2.75) is 12.6 Å². The van der Waals surface area contributed by atoms with E-state index < -0.39 is 6.04 Å². The second-order valence-electron chi connectivity index (χ2n) is 5.01. The SMILES string of the molecule is COCC(N)C(=O)NCc1ccccc1N1CCOCC1. The lowest BCUT2D eigenvalue weighted by molar-refractivity contribution is -0.123. The highest BCUT2D eigenvalue weighted by Gasteiger charge is 2.16. The molecule has 0 bridgehead atoms. The Morgan fingerprint density at radius 2 is 2.14 bits per heavy atom. The lowest BCUT2D eigenvalue weighted by atomic mass is 10.1. The van der Waals surface area contributed by atoms with E-state index in [0.29, 0.717) is 6.54 Å². The number of carbonyl (C=O) groups excluding carboxylic acids is 1. The van der Waals surface area contributed by atoms with Gasteiger partial charge in [0.1, 0.15) is 6.04 Å². The minimum absolute atomic E-state index is 0.200. The van der Waals surface area contributed by atoms with Gasteiger partial charge in [-0.05, 0) is 11.6 Å². The summed E-state index contributed by atoms with van der Waals surface area (Å²) in [6.07, 6.45) is 0. The summed E-state index contributed by atoms with van der Waals surface area (Å²) in [6.45, 7) is 3.89. The molecule has 0 spiro atoms. The third kappa shape index (κ3) is 4.42. The molecule has 1 saturated heterocycles. The zero-order valence-electron chi connectivity index (χ0n) is 12.4.